The van der Waals surface area contributed by atoms with Crippen molar-refractivity contribution in [1.82, 2.24) is 4.90 Å². The molecule has 1 N–H and O–H groups in total. The number of benzene rings is 1. The lowest BCUT2D eigenvalue weighted by molar-refractivity contribution is 0.0458. The van der Waals surface area contributed by atoms with Gasteiger partial charge >= 0.3 is 0 Å². The first kappa shape index (κ1) is 12.6. The van der Waals surface area contributed by atoms with E-state index in [1.165, 1.54) is 5.56 Å². The van der Waals surface area contributed by atoms with Crippen LogP contribution in [0.1, 0.15) is 38.2 Å². The maximum Gasteiger partial charge on any atom is 0.0567 e. The highest BCUT2D eigenvalue weighted by Gasteiger charge is 2.25. The average molecular weight is 233 g/mol. The smallest absolute Gasteiger partial charge is 0.0567 e. The van der Waals surface area contributed by atoms with E-state index in [2.05, 4.69) is 49.1 Å². The van der Waals surface area contributed by atoms with Crippen LogP contribution in [-0.2, 0) is 0 Å². The summed E-state index contributed by atoms with van der Waals surface area (Å²) < 4.78 is 0. The van der Waals surface area contributed by atoms with E-state index in [9.17, 15) is 5.11 Å². The molecule has 0 aromatic heterocycles. The van der Waals surface area contributed by atoms with Gasteiger partial charge in [0.25, 0.3) is 0 Å². The molecule has 1 fully saturated rings. The number of hydrogen-bond donors (Lipinski definition) is 1. The maximum atomic E-state index is 9.62. The molecular weight excluding hydrogens is 210 g/mol. The molecule has 2 heteroatoms. The van der Waals surface area contributed by atoms with Crippen LogP contribution >= 0.6 is 0 Å². The number of piperidine rings is 1. The number of likely N-dealkylation sites (tertiary alicyclic amines) is 1. The lowest BCUT2D eigenvalue weighted by Gasteiger charge is -2.37. The molecule has 2 rings (SSSR count). The second-order valence-electron chi connectivity index (χ2n) is 5.33. The summed E-state index contributed by atoms with van der Waals surface area (Å²) in [5.41, 5.74) is 1.41. The summed E-state index contributed by atoms with van der Waals surface area (Å²) in [7, 11) is 0. The normalized spacial score (nSPS) is 27.9. The largest absolute Gasteiger partial charge is 0.393 e. The quantitative estimate of drug-likeness (QED) is 0.867. The van der Waals surface area contributed by atoms with Crippen LogP contribution < -0.4 is 0 Å². The van der Waals surface area contributed by atoms with E-state index < -0.39 is 0 Å². The molecule has 3 atom stereocenters. The van der Waals surface area contributed by atoms with Crippen LogP contribution in [-0.4, -0.2) is 35.2 Å². The lowest BCUT2D eigenvalue weighted by Crippen LogP contribution is -2.44. The summed E-state index contributed by atoms with van der Waals surface area (Å²) in [5, 5.41) is 9.62. The first-order valence-corrected chi connectivity index (χ1v) is 6.64. The monoisotopic (exact) mass is 233 g/mol. The van der Waals surface area contributed by atoms with Crippen molar-refractivity contribution in [2.45, 2.75) is 44.8 Å². The molecule has 1 aromatic rings. The molecule has 94 valence electrons. The molecule has 1 saturated heterocycles. The van der Waals surface area contributed by atoms with Crippen LogP contribution in [0.5, 0.6) is 0 Å². The summed E-state index contributed by atoms with van der Waals surface area (Å²) in [5.74, 6) is 0.564. The van der Waals surface area contributed by atoms with Gasteiger partial charge in [0, 0.05) is 19.1 Å². The second kappa shape index (κ2) is 5.65. The predicted octanol–water partition coefficient (Wildman–Crippen LogP) is 2.64. The molecule has 0 saturated carbocycles. The SMILES string of the molecule is CC(CN1CCC(O)CC1C)c1ccccc1. The van der Waals surface area contributed by atoms with Crippen LogP contribution in [0.3, 0.4) is 0 Å². The number of rotatable bonds is 3. The maximum absolute atomic E-state index is 9.62. The summed E-state index contributed by atoms with van der Waals surface area (Å²) in [6.07, 6.45) is 1.75. The Hall–Kier alpha value is -0.860. The number of aliphatic hydroxyl groups is 1. The second-order valence-corrected chi connectivity index (χ2v) is 5.33. The third-order valence-electron chi connectivity index (χ3n) is 3.86. The van der Waals surface area contributed by atoms with Crippen molar-refractivity contribution in [1.29, 1.82) is 0 Å². The molecule has 17 heavy (non-hydrogen) atoms. The number of aliphatic hydroxyl groups excluding tert-OH is 1. The van der Waals surface area contributed by atoms with Crippen molar-refractivity contribution in [3.8, 4) is 0 Å². The third kappa shape index (κ3) is 3.30. The van der Waals surface area contributed by atoms with Crippen molar-refractivity contribution in [2.24, 2.45) is 0 Å². The fourth-order valence-electron chi connectivity index (χ4n) is 2.71. The van der Waals surface area contributed by atoms with Gasteiger partial charge in [-0.25, -0.2) is 0 Å². The average Bonchev–Trinajstić information content (AvgIpc) is 2.34. The van der Waals surface area contributed by atoms with Gasteiger partial charge in [-0.1, -0.05) is 37.3 Å². The molecule has 0 spiro atoms. The van der Waals surface area contributed by atoms with Crippen molar-refractivity contribution in [2.75, 3.05) is 13.1 Å². The minimum Gasteiger partial charge on any atom is -0.393 e. The van der Waals surface area contributed by atoms with Crippen molar-refractivity contribution in [3.63, 3.8) is 0 Å². The van der Waals surface area contributed by atoms with E-state index in [-0.39, 0.29) is 6.10 Å². The summed E-state index contributed by atoms with van der Waals surface area (Å²) in [6, 6.07) is 11.2. The third-order valence-corrected chi connectivity index (χ3v) is 3.86. The fraction of sp³-hybridized carbons (Fsp3) is 0.600. The van der Waals surface area contributed by atoms with Gasteiger partial charge in [-0.3, -0.25) is 4.90 Å². The Kier molecular flexibility index (Phi) is 4.19. The Morgan fingerprint density at radius 1 is 1.35 bits per heavy atom. The van der Waals surface area contributed by atoms with Crippen LogP contribution in [0.2, 0.25) is 0 Å². The van der Waals surface area contributed by atoms with Gasteiger partial charge in [0.05, 0.1) is 6.10 Å². The van der Waals surface area contributed by atoms with Crippen molar-refractivity contribution < 1.29 is 5.11 Å². The zero-order valence-corrected chi connectivity index (χ0v) is 10.8. The van der Waals surface area contributed by atoms with E-state index >= 15 is 0 Å². The van der Waals surface area contributed by atoms with Gasteiger partial charge in [-0.15, -0.1) is 0 Å². The van der Waals surface area contributed by atoms with Crippen molar-refractivity contribution in [3.05, 3.63) is 35.9 Å². The van der Waals surface area contributed by atoms with E-state index in [0.29, 0.717) is 12.0 Å². The molecule has 1 aliphatic rings. The lowest BCUT2D eigenvalue weighted by atomic mass is 9.96. The minimum absolute atomic E-state index is 0.0896. The predicted molar refractivity (Wildman–Crippen MR) is 71.1 cm³/mol. The van der Waals surface area contributed by atoms with E-state index in [0.717, 1.165) is 25.9 Å². The van der Waals surface area contributed by atoms with E-state index in [1.807, 2.05) is 0 Å². The molecule has 1 aliphatic heterocycles. The van der Waals surface area contributed by atoms with Crippen LogP contribution in [0.25, 0.3) is 0 Å². The van der Waals surface area contributed by atoms with Gasteiger partial charge in [-0.2, -0.15) is 0 Å². The summed E-state index contributed by atoms with van der Waals surface area (Å²) >= 11 is 0. The molecule has 0 radical (unpaired) electrons. The molecule has 1 heterocycles. The Morgan fingerprint density at radius 2 is 2.06 bits per heavy atom. The Balaban J connectivity index is 1.93. The van der Waals surface area contributed by atoms with E-state index in [4.69, 9.17) is 0 Å². The minimum atomic E-state index is -0.0896. The molecule has 0 bridgehead atoms. The fourth-order valence-corrected chi connectivity index (χ4v) is 2.71. The van der Waals surface area contributed by atoms with Gasteiger partial charge < -0.3 is 5.11 Å². The van der Waals surface area contributed by atoms with Crippen molar-refractivity contribution >= 4 is 0 Å². The molecule has 2 nitrogen and oxygen atoms in total. The first-order valence-electron chi connectivity index (χ1n) is 6.64. The Labute approximate surface area is 104 Å². The molecule has 0 amide bonds. The van der Waals surface area contributed by atoms with Gasteiger partial charge in [0.2, 0.25) is 0 Å². The van der Waals surface area contributed by atoms with Crippen LogP contribution in [0.15, 0.2) is 30.3 Å². The molecule has 3 unspecified atom stereocenters. The van der Waals surface area contributed by atoms with Gasteiger partial charge in [0.1, 0.15) is 0 Å². The molecule has 1 aromatic carbocycles. The highest BCUT2D eigenvalue weighted by Crippen LogP contribution is 2.22. The zero-order chi connectivity index (χ0) is 12.3. The highest BCUT2D eigenvalue weighted by atomic mass is 16.3. The highest BCUT2D eigenvalue weighted by molar-refractivity contribution is 5.19. The van der Waals surface area contributed by atoms with E-state index in [1.54, 1.807) is 0 Å². The number of hydrogen-bond acceptors (Lipinski definition) is 2. The molecular formula is C15H23NO. The Bertz CT molecular complexity index is 338. The standard InChI is InChI=1S/C15H23NO/c1-12(14-6-4-3-5-7-14)11-16-9-8-15(17)10-13(16)2/h3-7,12-13,15,17H,8-11H2,1-2H3. The zero-order valence-electron chi connectivity index (χ0n) is 10.8. The first-order chi connectivity index (χ1) is 8.16. The van der Waals surface area contributed by atoms with Gasteiger partial charge in [0.15, 0.2) is 0 Å². The van der Waals surface area contributed by atoms with Crippen LogP contribution in [0.4, 0.5) is 0 Å². The van der Waals surface area contributed by atoms with Crippen LogP contribution in [0, 0.1) is 0 Å². The topological polar surface area (TPSA) is 23.5 Å². The molecule has 0 aliphatic carbocycles. The Morgan fingerprint density at radius 3 is 2.71 bits per heavy atom. The van der Waals surface area contributed by atoms with Gasteiger partial charge in [-0.05, 0) is 31.2 Å². The summed E-state index contributed by atoms with van der Waals surface area (Å²) in [4.78, 5) is 2.50. The summed E-state index contributed by atoms with van der Waals surface area (Å²) in [6.45, 7) is 6.63. The number of nitrogens with zero attached hydrogens (tertiary/aromatic N) is 1.